The van der Waals surface area contributed by atoms with E-state index in [0.717, 1.165) is 35.4 Å². The quantitative estimate of drug-likeness (QED) is 0.429. The summed E-state index contributed by atoms with van der Waals surface area (Å²) < 4.78 is 27.1. The third kappa shape index (κ3) is 4.33. The number of fused-ring (bicyclic) bond motifs is 1. The fraction of sp³-hybridized carbons (Fsp3) is 0.231. The number of ether oxygens (including phenoxy) is 2. The number of benzene rings is 2. The number of likely N-dealkylation sites (tertiary alicyclic amines) is 1. The van der Waals surface area contributed by atoms with Crippen molar-refractivity contribution in [3.05, 3.63) is 72.7 Å². The molecule has 5 rings (SSSR count). The van der Waals surface area contributed by atoms with Gasteiger partial charge < -0.3 is 20.1 Å². The summed E-state index contributed by atoms with van der Waals surface area (Å²) in [5.74, 6) is -0.861. The first kappa shape index (κ1) is 23.3. The number of amides is 2. The Balaban J connectivity index is 1.44. The maximum Gasteiger partial charge on any atom is 0.311 e. The van der Waals surface area contributed by atoms with Crippen molar-refractivity contribution in [1.29, 1.82) is 0 Å². The van der Waals surface area contributed by atoms with Gasteiger partial charge in [0.25, 0.3) is 0 Å². The topological polar surface area (TPSA) is 112 Å². The van der Waals surface area contributed by atoms with E-state index in [1.807, 2.05) is 22.7 Å². The lowest BCUT2D eigenvalue weighted by molar-refractivity contribution is -0.145. The van der Waals surface area contributed by atoms with Crippen LogP contribution in [0, 0.1) is 5.82 Å². The molecule has 2 aromatic heterocycles. The Hall–Kier alpha value is -4.47. The second kappa shape index (κ2) is 9.65. The number of methoxy groups -OCH3 is 1. The number of nitrogens with zero attached hydrogens (tertiary/aromatic N) is 4. The van der Waals surface area contributed by atoms with Gasteiger partial charge in [0.2, 0.25) is 5.82 Å². The lowest BCUT2D eigenvalue weighted by Crippen LogP contribution is -2.45. The van der Waals surface area contributed by atoms with Crippen LogP contribution in [0.1, 0.15) is 24.6 Å². The van der Waals surface area contributed by atoms with Crippen LogP contribution in [0.2, 0.25) is 0 Å². The van der Waals surface area contributed by atoms with E-state index in [2.05, 4.69) is 4.98 Å². The van der Waals surface area contributed by atoms with Crippen LogP contribution in [-0.2, 0) is 9.59 Å². The lowest BCUT2D eigenvalue weighted by Gasteiger charge is -2.31. The number of piperidine rings is 1. The summed E-state index contributed by atoms with van der Waals surface area (Å²) in [6.45, 7) is 0.854. The average Bonchev–Trinajstić information content (AvgIpc) is 3.30. The van der Waals surface area contributed by atoms with Crippen LogP contribution in [0.5, 0.6) is 17.2 Å². The van der Waals surface area contributed by atoms with Crippen LogP contribution in [0.15, 0.2) is 61.1 Å². The Bertz CT molecular complexity index is 1440. The number of carbonyl (C=O) groups excluding carboxylic acids is 2. The Kier molecular flexibility index (Phi) is 6.24. The van der Waals surface area contributed by atoms with Crippen molar-refractivity contribution in [3.63, 3.8) is 0 Å². The van der Waals surface area contributed by atoms with Gasteiger partial charge in [0, 0.05) is 37.0 Å². The number of aromatic nitrogens is 3. The minimum atomic E-state index is -0.954. The molecule has 1 atom stereocenters. The maximum absolute atomic E-state index is 14.5. The van der Waals surface area contributed by atoms with Crippen molar-refractivity contribution in [2.75, 3.05) is 20.2 Å². The van der Waals surface area contributed by atoms with Gasteiger partial charge in [-0.1, -0.05) is 6.07 Å². The van der Waals surface area contributed by atoms with E-state index >= 15 is 0 Å². The molecule has 9 nitrogen and oxygen atoms in total. The van der Waals surface area contributed by atoms with Gasteiger partial charge >= 0.3 is 11.8 Å². The highest BCUT2D eigenvalue weighted by Crippen LogP contribution is 2.34. The number of halogens is 1. The summed E-state index contributed by atoms with van der Waals surface area (Å²) in [5.41, 5.74) is 7.56. The molecular formula is C26H24FN5O4. The SMILES string of the molecule is COc1cccc(Oc2ccc(-c3nc([C@@H]4CCCN(C(=O)C(N)=O)C4)n4ccncc34)cc2)c1F. The minimum absolute atomic E-state index is 0.0633. The highest BCUT2D eigenvalue weighted by molar-refractivity contribution is 6.34. The minimum Gasteiger partial charge on any atom is -0.494 e. The van der Waals surface area contributed by atoms with Crippen LogP contribution in [0.3, 0.4) is 0 Å². The van der Waals surface area contributed by atoms with E-state index in [1.54, 1.807) is 30.6 Å². The van der Waals surface area contributed by atoms with Gasteiger partial charge in [0.1, 0.15) is 11.6 Å². The normalized spacial score (nSPS) is 15.6. The molecule has 1 aliphatic heterocycles. The predicted octanol–water partition coefficient (Wildman–Crippen LogP) is 3.53. The number of hydrogen-bond acceptors (Lipinski definition) is 6. The number of nitrogens with two attached hydrogens (primary N) is 1. The maximum atomic E-state index is 14.5. The van der Waals surface area contributed by atoms with Gasteiger partial charge in [-0.15, -0.1) is 0 Å². The summed E-state index contributed by atoms with van der Waals surface area (Å²) >= 11 is 0. The average molecular weight is 490 g/mol. The molecule has 10 heteroatoms. The molecule has 0 unspecified atom stereocenters. The van der Waals surface area contributed by atoms with Crippen molar-refractivity contribution in [1.82, 2.24) is 19.3 Å². The third-order valence-corrected chi connectivity index (χ3v) is 6.26. The Labute approximate surface area is 206 Å². The van der Waals surface area contributed by atoms with E-state index in [9.17, 15) is 14.0 Å². The second-order valence-corrected chi connectivity index (χ2v) is 8.50. The molecule has 0 saturated carbocycles. The molecule has 0 radical (unpaired) electrons. The number of hydrogen-bond donors (Lipinski definition) is 1. The number of carbonyl (C=O) groups is 2. The first-order chi connectivity index (χ1) is 17.5. The standard InChI is InChI=1S/C26H24FN5O4/c1-35-20-5-2-6-21(22(20)27)36-18-9-7-16(8-10-18)23-19-14-29-11-13-32(19)25(30-23)17-4-3-12-31(15-17)26(34)24(28)33/h2,5-11,13-14,17H,3-4,12,15H2,1H3,(H2,28,33)/t17-/m1/s1. The van der Waals surface area contributed by atoms with Crippen molar-refractivity contribution >= 4 is 17.3 Å². The molecule has 36 heavy (non-hydrogen) atoms. The highest BCUT2D eigenvalue weighted by Gasteiger charge is 2.30. The van der Waals surface area contributed by atoms with Crippen LogP contribution in [-0.4, -0.2) is 51.3 Å². The lowest BCUT2D eigenvalue weighted by atomic mass is 9.97. The highest BCUT2D eigenvalue weighted by atomic mass is 19.1. The summed E-state index contributed by atoms with van der Waals surface area (Å²) in [7, 11) is 1.40. The number of primary amides is 1. The van der Waals surface area contributed by atoms with Crippen molar-refractivity contribution < 1.29 is 23.5 Å². The van der Waals surface area contributed by atoms with E-state index in [4.69, 9.17) is 20.2 Å². The van der Waals surface area contributed by atoms with Crippen molar-refractivity contribution in [3.8, 4) is 28.5 Å². The molecule has 3 heterocycles. The van der Waals surface area contributed by atoms with Crippen molar-refractivity contribution in [2.45, 2.75) is 18.8 Å². The van der Waals surface area contributed by atoms with Gasteiger partial charge in [0.05, 0.1) is 24.5 Å². The van der Waals surface area contributed by atoms with Gasteiger partial charge in [-0.2, -0.15) is 4.39 Å². The predicted molar refractivity (Wildman–Crippen MR) is 129 cm³/mol. The van der Waals surface area contributed by atoms with Crippen LogP contribution in [0.4, 0.5) is 4.39 Å². The summed E-state index contributed by atoms with van der Waals surface area (Å²) in [5, 5.41) is 0. The largest absolute Gasteiger partial charge is 0.494 e. The Morgan fingerprint density at radius 3 is 2.67 bits per heavy atom. The molecule has 4 aromatic rings. The summed E-state index contributed by atoms with van der Waals surface area (Å²) in [6, 6.07) is 11.9. The molecule has 1 saturated heterocycles. The monoisotopic (exact) mass is 489 g/mol. The number of imidazole rings is 1. The van der Waals surface area contributed by atoms with E-state index < -0.39 is 17.6 Å². The fourth-order valence-electron chi connectivity index (χ4n) is 4.53. The van der Waals surface area contributed by atoms with Crippen LogP contribution in [0.25, 0.3) is 16.8 Å². The fourth-order valence-corrected chi connectivity index (χ4v) is 4.53. The van der Waals surface area contributed by atoms with Gasteiger partial charge in [0.15, 0.2) is 11.5 Å². The summed E-state index contributed by atoms with van der Waals surface area (Å²) in [6.07, 6.45) is 6.81. The zero-order chi connectivity index (χ0) is 25.2. The Morgan fingerprint density at radius 2 is 1.92 bits per heavy atom. The van der Waals surface area contributed by atoms with E-state index in [1.165, 1.54) is 24.1 Å². The molecule has 0 bridgehead atoms. The van der Waals surface area contributed by atoms with E-state index in [-0.39, 0.29) is 17.4 Å². The molecule has 0 spiro atoms. The van der Waals surface area contributed by atoms with Gasteiger partial charge in [-0.05, 0) is 49.2 Å². The molecule has 2 amide bonds. The van der Waals surface area contributed by atoms with E-state index in [0.29, 0.717) is 18.8 Å². The van der Waals surface area contributed by atoms with Gasteiger partial charge in [-0.3, -0.25) is 19.0 Å². The smallest absolute Gasteiger partial charge is 0.311 e. The zero-order valence-corrected chi connectivity index (χ0v) is 19.6. The Morgan fingerprint density at radius 1 is 1.14 bits per heavy atom. The zero-order valence-electron chi connectivity index (χ0n) is 19.6. The molecule has 2 N–H and O–H groups in total. The van der Waals surface area contributed by atoms with Crippen molar-refractivity contribution in [2.24, 2.45) is 5.73 Å². The molecule has 1 aliphatic rings. The van der Waals surface area contributed by atoms with Gasteiger partial charge in [-0.25, -0.2) is 4.98 Å². The molecular weight excluding hydrogens is 465 g/mol. The number of rotatable bonds is 5. The molecule has 184 valence electrons. The molecule has 2 aromatic carbocycles. The molecule has 1 fully saturated rings. The first-order valence-electron chi connectivity index (χ1n) is 11.5. The van der Waals surface area contributed by atoms with Crippen LogP contribution < -0.4 is 15.2 Å². The summed E-state index contributed by atoms with van der Waals surface area (Å²) in [4.78, 5) is 34.2. The van der Waals surface area contributed by atoms with Crippen LogP contribution >= 0.6 is 0 Å². The molecule has 0 aliphatic carbocycles. The third-order valence-electron chi connectivity index (χ3n) is 6.26. The second-order valence-electron chi connectivity index (χ2n) is 8.50. The first-order valence-corrected chi connectivity index (χ1v) is 11.5.